The summed E-state index contributed by atoms with van der Waals surface area (Å²) in [5.74, 6) is 0. The van der Waals surface area contributed by atoms with E-state index in [9.17, 15) is 0 Å². The van der Waals surface area contributed by atoms with Crippen LogP contribution in [-0.4, -0.2) is 7.74 Å². The zero-order chi connectivity index (χ0) is 16.8. The fraction of sp³-hybridized carbons (Fsp3) is 0.500. The van der Waals surface area contributed by atoms with Crippen LogP contribution in [0.3, 0.4) is 0 Å². The van der Waals surface area contributed by atoms with Gasteiger partial charge in [-0.3, -0.25) is 0 Å². The van der Waals surface area contributed by atoms with Gasteiger partial charge in [0, 0.05) is 5.54 Å². The van der Waals surface area contributed by atoms with E-state index in [0.717, 1.165) is 13.7 Å². The van der Waals surface area contributed by atoms with Crippen LogP contribution in [0.5, 0.6) is 0 Å². The van der Waals surface area contributed by atoms with Crippen molar-refractivity contribution in [3.05, 3.63) is 51.1 Å². The Morgan fingerprint density at radius 3 is 1.59 bits per heavy atom. The molecule has 0 bridgehead atoms. The number of hydrogen-bond acceptors (Lipinski definition) is 0. The van der Waals surface area contributed by atoms with Gasteiger partial charge in [-0.25, -0.2) is 0 Å². The second-order valence-electron chi connectivity index (χ2n) is 7.67. The van der Waals surface area contributed by atoms with Crippen molar-refractivity contribution in [1.82, 2.24) is 0 Å². The fourth-order valence-electron chi connectivity index (χ4n) is 4.20. The molecule has 1 aromatic carbocycles. The number of benzene rings is 1. The summed E-state index contributed by atoms with van der Waals surface area (Å²) in [5.41, 5.74) is 11.5. The third-order valence-corrected chi connectivity index (χ3v) is 13.0. The second-order valence-corrected chi connectivity index (χ2v) is 17.1. The summed E-state index contributed by atoms with van der Waals surface area (Å²) in [7, 11) is -0.408. The predicted octanol–water partition coefficient (Wildman–Crippen LogP) is 6.18. The molecule has 0 amide bonds. The molecule has 0 N–H and O–H groups in total. The Balaban J connectivity index is 2.42. The van der Waals surface area contributed by atoms with Gasteiger partial charge in [-0.2, -0.15) is 0 Å². The molecular weight excluding hydrogens is 299 g/mol. The predicted molar refractivity (Wildman–Crippen MR) is 107 cm³/mol. The van der Waals surface area contributed by atoms with E-state index in [2.05, 4.69) is 73.7 Å². The summed E-state index contributed by atoms with van der Waals surface area (Å²) in [6.07, 6.45) is 0. The molecule has 0 saturated carbocycles. The first kappa shape index (κ1) is 17.7. The Morgan fingerprint density at radius 2 is 1.18 bits per heavy atom. The van der Waals surface area contributed by atoms with Crippen molar-refractivity contribution >= 4 is 21.2 Å². The zero-order valence-electron chi connectivity index (χ0n) is 15.7. The van der Waals surface area contributed by atoms with Gasteiger partial charge in [0.15, 0.2) is 0 Å². The molecule has 1 unspecified atom stereocenters. The topological polar surface area (TPSA) is 0 Å². The molecule has 0 aromatic heterocycles. The highest BCUT2D eigenvalue weighted by Gasteiger charge is 2.39. The van der Waals surface area contributed by atoms with Gasteiger partial charge in [-0.05, 0) is 76.0 Å². The number of rotatable bonds is 3. The van der Waals surface area contributed by atoms with Crippen LogP contribution < -0.4 is 5.30 Å². The molecule has 0 heterocycles. The summed E-state index contributed by atoms with van der Waals surface area (Å²) in [6.45, 7) is 21.3. The summed E-state index contributed by atoms with van der Waals surface area (Å²) >= 11 is 0. The first-order valence-electron chi connectivity index (χ1n) is 8.27. The molecule has 0 spiro atoms. The van der Waals surface area contributed by atoms with Gasteiger partial charge in [-0.15, -0.1) is 8.13 Å². The van der Waals surface area contributed by atoms with E-state index in [-0.39, 0.29) is 0 Å². The maximum absolute atomic E-state index is 2.59. The lowest BCUT2D eigenvalue weighted by Crippen LogP contribution is -2.31. The molecule has 1 atom stereocenters. The van der Waals surface area contributed by atoms with E-state index < -0.39 is 7.74 Å². The van der Waals surface area contributed by atoms with Crippen molar-refractivity contribution in [1.29, 1.82) is 0 Å². The molecule has 0 saturated heterocycles. The summed E-state index contributed by atoms with van der Waals surface area (Å²) in [6, 6.07) is 4.71. The molecule has 120 valence electrons. The Bertz CT molecular complexity index is 630. The van der Waals surface area contributed by atoms with Crippen LogP contribution >= 0.6 is 8.13 Å². The minimum absolute atomic E-state index is 0.728. The average Bonchev–Trinajstić information content (AvgIpc) is 2.58. The SMILES string of the molecule is CC1=C(C)C([Si](C)(C)Pc2c(C)cc(C)cc2C)C(C)=C1C. The van der Waals surface area contributed by atoms with E-state index >= 15 is 0 Å². The third-order valence-electron chi connectivity index (χ3n) is 5.46. The number of aryl methyl sites for hydroxylation is 3. The van der Waals surface area contributed by atoms with E-state index in [1.807, 2.05) is 0 Å². The molecule has 1 aromatic rings. The van der Waals surface area contributed by atoms with Crippen LogP contribution in [0.4, 0.5) is 0 Å². The number of hydrogen-bond donors (Lipinski definition) is 0. The van der Waals surface area contributed by atoms with Gasteiger partial charge >= 0.3 is 0 Å². The number of allylic oxidation sites excluding steroid dienone is 4. The second kappa shape index (κ2) is 6.10. The van der Waals surface area contributed by atoms with Crippen LogP contribution in [0.25, 0.3) is 0 Å². The summed E-state index contributed by atoms with van der Waals surface area (Å²) in [4.78, 5) is 0. The van der Waals surface area contributed by atoms with Gasteiger partial charge in [0.05, 0.1) is 7.74 Å². The van der Waals surface area contributed by atoms with Gasteiger partial charge in [0.25, 0.3) is 0 Å². The van der Waals surface area contributed by atoms with E-state index in [4.69, 9.17) is 0 Å². The first-order chi connectivity index (χ1) is 10.1. The van der Waals surface area contributed by atoms with Crippen molar-refractivity contribution in [3.63, 3.8) is 0 Å². The molecule has 2 heteroatoms. The standard InChI is InChI=1S/C20H31PSi/c1-12-10-13(2)19(14(3)11-12)21-22(8,9)20-17(6)15(4)16(5)18(20)7/h10-11,20-21H,1-9H3. The molecular formula is C20H31PSi. The Kier molecular flexibility index (Phi) is 4.90. The molecule has 0 radical (unpaired) electrons. The minimum Gasteiger partial charge on any atom is -0.101 e. The molecule has 22 heavy (non-hydrogen) atoms. The van der Waals surface area contributed by atoms with Crippen LogP contribution in [-0.2, 0) is 0 Å². The quantitative estimate of drug-likeness (QED) is 0.459. The molecule has 1 aliphatic rings. The van der Waals surface area contributed by atoms with Crippen molar-refractivity contribution in [2.75, 3.05) is 0 Å². The lowest BCUT2D eigenvalue weighted by Gasteiger charge is -2.34. The van der Waals surface area contributed by atoms with Gasteiger partial charge in [-0.1, -0.05) is 41.9 Å². The highest BCUT2D eigenvalue weighted by Crippen LogP contribution is 2.52. The Hall–Kier alpha value is -0.653. The average molecular weight is 331 g/mol. The molecule has 2 rings (SSSR count). The van der Waals surface area contributed by atoms with Crippen LogP contribution in [0.1, 0.15) is 44.4 Å². The summed E-state index contributed by atoms with van der Waals surface area (Å²) in [5, 5.41) is 1.63. The van der Waals surface area contributed by atoms with E-state index in [0.29, 0.717) is 0 Å². The van der Waals surface area contributed by atoms with Gasteiger partial charge < -0.3 is 0 Å². The molecule has 0 fully saturated rings. The fourth-order valence-corrected chi connectivity index (χ4v) is 13.0. The molecule has 1 aliphatic carbocycles. The van der Waals surface area contributed by atoms with Crippen molar-refractivity contribution in [2.45, 2.75) is 67.1 Å². The van der Waals surface area contributed by atoms with Crippen LogP contribution in [0.2, 0.25) is 18.6 Å². The zero-order valence-corrected chi connectivity index (χ0v) is 17.7. The first-order valence-corrected chi connectivity index (χ1v) is 13.3. The van der Waals surface area contributed by atoms with Crippen molar-refractivity contribution < 1.29 is 0 Å². The van der Waals surface area contributed by atoms with Gasteiger partial charge in [0.1, 0.15) is 0 Å². The van der Waals surface area contributed by atoms with Crippen LogP contribution in [0.15, 0.2) is 34.4 Å². The normalized spacial score (nSPS) is 17.5. The van der Waals surface area contributed by atoms with Crippen molar-refractivity contribution in [2.24, 2.45) is 0 Å². The lowest BCUT2D eigenvalue weighted by atomic mass is 10.1. The van der Waals surface area contributed by atoms with E-state index in [1.54, 1.807) is 27.6 Å². The highest BCUT2D eigenvalue weighted by molar-refractivity contribution is 7.87. The summed E-state index contributed by atoms with van der Waals surface area (Å²) < 4.78 is 0. The third kappa shape index (κ3) is 3.03. The largest absolute Gasteiger partial charge is 0.101 e. The monoisotopic (exact) mass is 330 g/mol. The molecule has 0 nitrogen and oxygen atoms in total. The lowest BCUT2D eigenvalue weighted by molar-refractivity contribution is 1.09. The highest BCUT2D eigenvalue weighted by atomic mass is 31.3. The minimum atomic E-state index is -1.39. The molecule has 0 aliphatic heterocycles. The Morgan fingerprint density at radius 1 is 0.773 bits per heavy atom. The maximum Gasteiger partial charge on any atom is 0.0880 e. The van der Waals surface area contributed by atoms with Crippen LogP contribution in [0, 0.1) is 20.8 Å². The van der Waals surface area contributed by atoms with Gasteiger partial charge in [0.2, 0.25) is 0 Å². The maximum atomic E-state index is 2.59. The van der Waals surface area contributed by atoms with Crippen molar-refractivity contribution in [3.8, 4) is 0 Å². The Labute approximate surface area is 139 Å². The van der Waals surface area contributed by atoms with E-state index in [1.165, 1.54) is 16.7 Å². The smallest absolute Gasteiger partial charge is 0.0880 e.